The standard InChI is InChI=1S/C10H15N3O2/c1-7-5-13(6-8(2)15-7)9-3-4-10(14)12-11-9/h3-4,7-8H,5-6H2,1-2H3,(H,12,14)/t7-,8-/m1/s1. The van der Waals surface area contributed by atoms with Crippen LogP contribution in [0, 0.1) is 0 Å². The van der Waals surface area contributed by atoms with Gasteiger partial charge in [0.15, 0.2) is 0 Å². The third kappa shape index (κ3) is 2.36. The van der Waals surface area contributed by atoms with E-state index in [2.05, 4.69) is 15.1 Å². The summed E-state index contributed by atoms with van der Waals surface area (Å²) >= 11 is 0. The Morgan fingerprint density at radius 3 is 2.60 bits per heavy atom. The molecule has 0 aliphatic carbocycles. The molecule has 1 saturated heterocycles. The average Bonchev–Trinajstić information content (AvgIpc) is 2.17. The number of nitrogens with one attached hydrogen (secondary N) is 1. The molecule has 0 saturated carbocycles. The van der Waals surface area contributed by atoms with Gasteiger partial charge in [0.1, 0.15) is 5.82 Å². The quantitative estimate of drug-likeness (QED) is 0.726. The molecule has 1 aliphatic rings. The Balaban J connectivity index is 2.16. The monoisotopic (exact) mass is 209 g/mol. The van der Waals surface area contributed by atoms with Gasteiger partial charge in [-0.15, -0.1) is 0 Å². The summed E-state index contributed by atoms with van der Waals surface area (Å²) in [6, 6.07) is 3.23. The molecule has 1 aliphatic heterocycles. The van der Waals surface area contributed by atoms with Crippen LogP contribution in [0.15, 0.2) is 16.9 Å². The molecule has 1 aromatic heterocycles. The molecule has 5 nitrogen and oxygen atoms in total. The van der Waals surface area contributed by atoms with Crippen LogP contribution in [0.2, 0.25) is 0 Å². The summed E-state index contributed by atoms with van der Waals surface area (Å²) in [6.07, 6.45) is 0.393. The lowest BCUT2D eigenvalue weighted by atomic mass is 10.2. The van der Waals surface area contributed by atoms with Crippen LogP contribution in [0.25, 0.3) is 0 Å². The summed E-state index contributed by atoms with van der Waals surface area (Å²) in [5, 5.41) is 6.44. The lowest BCUT2D eigenvalue weighted by molar-refractivity contribution is -0.00550. The number of hydrogen-bond acceptors (Lipinski definition) is 4. The minimum absolute atomic E-state index is 0.173. The van der Waals surface area contributed by atoms with Gasteiger partial charge in [0.25, 0.3) is 5.56 Å². The maximum atomic E-state index is 10.9. The lowest BCUT2D eigenvalue weighted by Crippen LogP contribution is -2.46. The number of nitrogens with zero attached hydrogens (tertiary/aromatic N) is 2. The van der Waals surface area contributed by atoms with Crippen molar-refractivity contribution in [3.63, 3.8) is 0 Å². The van der Waals surface area contributed by atoms with E-state index in [0.717, 1.165) is 18.9 Å². The van der Waals surface area contributed by atoms with Gasteiger partial charge in [0.05, 0.1) is 12.2 Å². The molecule has 5 heteroatoms. The maximum absolute atomic E-state index is 10.9. The number of anilines is 1. The molecule has 0 aromatic carbocycles. The summed E-state index contributed by atoms with van der Waals surface area (Å²) in [6.45, 7) is 5.69. The third-order valence-corrected chi connectivity index (χ3v) is 2.41. The van der Waals surface area contributed by atoms with E-state index in [1.807, 2.05) is 13.8 Å². The van der Waals surface area contributed by atoms with Crippen molar-refractivity contribution in [2.45, 2.75) is 26.1 Å². The summed E-state index contributed by atoms with van der Waals surface area (Å²) in [5.74, 6) is 0.802. The first-order valence-electron chi connectivity index (χ1n) is 5.11. The maximum Gasteiger partial charge on any atom is 0.264 e. The lowest BCUT2D eigenvalue weighted by Gasteiger charge is -2.35. The van der Waals surface area contributed by atoms with Crippen molar-refractivity contribution in [3.05, 3.63) is 22.5 Å². The highest BCUT2D eigenvalue weighted by Gasteiger charge is 2.22. The van der Waals surface area contributed by atoms with E-state index >= 15 is 0 Å². The summed E-state index contributed by atoms with van der Waals surface area (Å²) in [7, 11) is 0. The SMILES string of the molecule is C[C@@H]1CN(c2ccc(=O)[nH]n2)C[C@@H](C)O1. The van der Waals surface area contributed by atoms with Crippen LogP contribution in [0.1, 0.15) is 13.8 Å². The second-order valence-electron chi connectivity index (χ2n) is 3.94. The highest BCUT2D eigenvalue weighted by atomic mass is 16.5. The number of morpholine rings is 1. The van der Waals surface area contributed by atoms with Crippen molar-refractivity contribution in [1.82, 2.24) is 10.2 Å². The fourth-order valence-corrected chi connectivity index (χ4v) is 1.88. The highest BCUT2D eigenvalue weighted by molar-refractivity contribution is 5.37. The van der Waals surface area contributed by atoms with E-state index in [4.69, 9.17) is 4.74 Å². The molecule has 1 N–H and O–H groups in total. The van der Waals surface area contributed by atoms with Crippen molar-refractivity contribution in [1.29, 1.82) is 0 Å². The third-order valence-electron chi connectivity index (χ3n) is 2.41. The van der Waals surface area contributed by atoms with Crippen molar-refractivity contribution < 1.29 is 4.74 Å². The molecule has 0 amide bonds. The Morgan fingerprint density at radius 2 is 2.07 bits per heavy atom. The first kappa shape index (κ1) is 10.2. The minimum atomic E-state index is -0.173. The molecule has 2 rings (SSSR count). The van der Waals surface area contributed by atoms with Gasteiger partial charge in [-0.25, -0.2) is 5.10 Å². The number of ether oxygens (including phenoxy) is 1. The predicted octanol–water partition coefficient (Wildman–Crippen LogP) is 0.383. The smallest absolute Gasteiger partial charge is 0.264 e. The molecule has 15 heavy (non-hydrogen) atoms. The van der Waals surface area contributed by atoms with Crippen LogP contribution in [0.4, 0.5) is 5.82 Å². The highest BCUT2D eigenvalue weighted by Crippen LogP contribution is 2.16. The fraction of sp³-hybridized carbons (Fsp3) is 0.600. The van der Waals surface area contributed by atoms with Gasteiger partial charge in [-0.1, -0.05) is 0 Å². The van der Waals surface area contributed by atoms with Gasteiger partial charge in [-0.3, -0.25) is 4.79 Å². The normalized spacial score (nSPS) is 26.7. The summed E-state index contributed by atoms with van der Waals surface area (Å²) < 4.78 is 5.62. The molecule has 2 atom stereocenters. The molecule has 0 spiro atoms. The van der Waals surface area contributed by atoms with E-state index in [0.29, 0.717) is 0 Å². The number of aromatic nitrogens is 2. The summed E-state index contributed by atoms with van der Waals surface area (Å²) in [5.41, 5.74) is -0.173. The first-order valence-corrected chi connectivity index (χ1v) is 5.11. The minimum Gasteiger partial charge on any atom is -0.372 e. The second-order valence-corrected chi connectivity index (χ2v) is 3.94. The van der Waals surface area contributed by atoms with Crippen LogP contribution >= 0.6 is 0 Å². The largest absolute Gasteiger partial charge is 0.372 e. The average molecular weight is 209 g/mol. The molecule has 1 aromatic rings. The van der Waals surface area contributed by atoms with E-state index in [9.17, 15) is 4.79 Å². The van der Waals surface area contributed by atoms with Gasteiger partial charge >= 0.3 is 0 Å². The van der Waals surface area contributed by atoms with Crippen LogP contribution in [0.5, 0.6) is 0 Å². The van der Waals surface area contributed by atoms with Gasteiger partial charge in [-0.05, 0) is 19.9 Å². The number of rotatable bonds is 1. The van der Waals surface area contributed by atoms with Crippen molar-refractivity contribution >= 4 is 5.82 Å². The van der Waals surface area contributed by atoms with Gasteiger partial charge < -0.3 is 9.64 Å². The Morgan fingerprint density at radius 1 is 1.40 bits per heavy atom. The van der Waals surface area contributed by atoms with E-state index in [-0.39, 0.29) is 17.8 Å². The van der Waals surface area contributed by atoms with Gasteiger partial charge in [-0.2, -0.15) is 5.10 Å². The predicted molar refractivity (Wildman–Crippen MR) is 57.1 cm³/mol. The van der Waals surface area contributed by atoms with Crippen LogP contribution in [-0.2, 0) is 4.74 Å². The van der Waals surface area contributed by atoms with Gasteiger partial charge in [0, 0.05) is 19.2 Å². The van der Waals surface area contributed by atoms with Crippen molar-refractivity contribution in [2.75, 3.05) is 18.0 Å². The number of hydrogen-bond donors (Lipinski definition) is 1. The summed E-state index contributed by atoms with van der Waals surface area (Å²) in [4.78, 5) is 13.0. The topological polar surface area (TPSA) is 58.2 Å². The Hall–Kier alpha value is -1.36. The Labute approximate surface area is 88.1 Å². The second kappa shape index (κ2) is 4.02. The zero-order chi connectivity index (χ0) is 10.8. The molecular formula is C10H15N3O2. The molecule has 0 radical (unpaired) electrons. The Bertz CT molecular complexity index is 360. The van der Waals surface area contributed by atoms with Crippen LogP contribution in [0.3, 0.4) is 0 Å². The number of aromatic amines is 1. The molecule has 1 fully saturated rings. The van der Waals surface area contributed by atoms with E-state index < -0.39 is 0 Å². The number of H-pyrrole nitrogens is 1. The van der Waals surface area contributed by atoms with E-state index in [1.165, 1.54) is 6.07 Å². The van der Waals surface area contributed by atoms with Crippen LogP contribution in [-0.4, -0.2) is 35.5 Å². The van der Waals surface area contributed by atoms with Crippen LogP contribution < -0.4 is 10.5 Å². The molecule has 0 unspecified atom stereocenters. The van der Waals surface area contributed by atoms with Crippen molar-refractivity contribution in [2.24, 2.45) is 0 Å². The zero-order valence-corrected chi connectivity index (χ0v) is 8.93. The molecule has 0 bridgehead atoms. The van der Waals surface area contributed by atoms with Crippen molar-refractivity contribution in [3.8, 4) is 0 Å². The molecular weight excluding hydrogens is 194 g/mol. The van der Waals surface area contributed by atoms with Gasteiger partial charge in [0.2, 0.25) is 0 Å². The zero-order valence-electron chi connectivity index (χ0n) is 8.93. The first-order chi connectivity index (χ1) is 7.15. The fourth-order valence-electron chi connectivity index (χ4n) is 1.88. The Kier molecular flexibility index (Phi) is 2.73. The molecule has 82 valence electrons. The molecule has 2 heterocycles. The van der Waals surface area contributed by atoms with E-state index in [1.54, 1.807) is 6.07 Å².